The molecule has 6 heteroatoms. The number of aliphatic hydroxyl groups excluding tert-OH is 1. The van der Waals surface area contributed by atoms with Gasteiger partial charge in [0.1, 0.15) is 5.82 Å². The number of aromatic nitrogens is 2. The quantitative estimate of drug-likeness (QED) is 0.743. The highest BCUT2D eigenvalue weighted by Crippen LogP contribution is 2.28. The number of hydrogen-bond acceptors (Lipinski definition) is 5. The molecule has 0 aliphatic heterocycles. The van der Waals surface area contributed by atoms with Crippen molar-refractivity contribution in [2.45, 2.75) is 13.0 Å². The van der Waals surface area contributed by atoms with Crippen molar-refractivity contribution in [3.63, 3.8) is 0 Å². The number of methoxy groups -OCH3 is 2. The molecule has 0 saturated heterocycles. The van der Waals surface area contributed by atoms with Gasteiger partial charge in [-0.3, -0.25) is 9.36 Å². The van der Waals surface area contributed by atoms with Gasteiger partial charge in [0, 0.05) is 6.42 Å². The second-order valence-corrected chi connectivity index (χ2v) is 5.59. The van der Waals surface area contributed by atoms with Gasteiger partial charge in [-0.25, -0.2) is 4.98 Å². The summed E-state index contributed by atoms with van der Waals surface area (Å²) in [5.74, 6) is 1.87. The van der Waals surface area contributed by atoms with Crippen LogP contribution in [0.15, 0.2) is 47.3 Å². The zero-order chi connectivity index (χ0) is 17.8. The molecule has 0 aliphatic carbocycles. The average molecular weight is 340 g/mol. The first kappa shape index (κ1) is 17.0. The fraction of sp³-hybridized carbons (Fsp3) is 0.263. The smallest absolute Gasteiger partial charge is 0.261 e. The number of fused-ring (bicyclic) bond motifs is 1. The minimum atomic E-state index is -0.143. The van der Waals surface area contributed by atoms with E-state index in [0.717, 1.165) is 5.56 Å². The van der Waals surface area contributed by atoms with Gasteiger partial charge in [-0.15, -0.1) is 0 Å². The lowest BCUT2D eigenvalue weighted by molar-refractivity contribution is 0.272. The lowest BCUT2D eigenvalue weighted by Gasteiger charge is -2.14. The van der Waals surface area contributed by atoms with Crippen LogP contribution in [0.25, 0.3) is 10.9 Å². The van der Waals surface area contributed by atoms with Crippen molar-refractivity contribution in [2.75, 3.05) is 20.8 Å². The summed E-state index contributed by atoms with van der Waals surface area (Å²) in [4.78, 5) is 17.3. The van der Waals surface area contributed by atoms with Gasteiger partial charge in [-0.05, 0) is 29.8 Å². The number of benzene rings is 2. The summed E-state index contributed by atoms with van der Waals surface area (Å²) in [6.45, 7) is 0.0815. The van der Waals surface area contributed by atoms with Crippen molar-refractivity contribution in [2.24, 2.45) is 0 Å². The predicted octanol–water partition coefficient (Wildman–Crippen LogP) is 2.00. The second-order valence-electron chi connectivity index (χ2n) is 5.59. The third kappa shape index (κ3) is 3.34. The van der Waals surface area contributed by atoms with Gasteiger partial charge in [0.05, 0.1) is 38.3 Å². The normalized spacial score (nSPS) is 10.8. The first-order valence-electron chi connectivity index (χ1n) is 7.98. The highest BCUT2D eigenvalue weighted by atomic mass is 16.5. The van der Waals surface area contributed by atoms with Crippen LogP contribution in [0.4, 0.5) is 0 Å². The molecule has 0 atom stereocenters. The van der Waals surface area contributed by atoms with Gasteiger partial charge in [-0.2, -0.15) is 0 Å². The number of hydrogen-bond donors (Lipinski definition) is 1. The molecule has 6 nitrogen and oxygen atoms in total. The van der Waals surface area contributed by atoms with Crippen LogP contribution in [0.5, 0.6) is 11.5 Å². The lowest BCUT2D eigenvalue weighted by atomic mass is 10.1. The molecule has 25 heavy (non-hydrogen) atoms. The topological polar surface area (TPSA) is 73.6 Å². The van der Waals surface area contributed by atoms with E-state index in [1.807, 2.05) is 36.4 Å². The molecule has 3 rings (SSSR count). The van der Waals surface area contributed by atoms with Crippen LogP contribution in [0.2, 0.25) is 0 Å². The van der Waals surface area contributed by atoms with E-state index in [1.165, 1.54) is 4.57 Å². The monoisotopic (exact) mass is 340 g/mol. The molecule has 0 spiro atoms. The summed E-state index contributed by atoms with van der Waals surface area (Å²) < 4.78 is 12.1. The summed E-state index contributed by atoms with van der Waals surface area (Å²) in [5, 5.41) is 9.88. The van der Waals surface area contributed by atoms with Crippen molar-refractivity contribution in [1.82, 2.24) is 9.55 Å². The van der Waals surface area contributed by atoms with E-state index in [0.29, 0.717) is 34.6 Å². The van der Waals surface area contributed by atoms with E-state index >= 15 is 0 Å². The summed E-state index contributed by atoms with van der Waals surface area (Å²) in [6.07, 6.45) is 0.445. The molecule has 0 amide bonds. The molecule has 1 N–H and O–H groups in total. The van der Waals surface area contributed by atoms with E-state index in [2.05, 4.69) is 4.98 Å². The number of nitrogens with zero attached hydrogens (tertiary/aromatic N) is 2. The second kappa shape index (κ2) is 7.36. The summed E-state index contributed by atoms with van der Waals surface area (Å²) in [7, 11) is 3.17. The van der Waals surface area contributed by atoms with Crippen molar-refractivity contribution in [3.05, 3.63) is 64.2 Å². The Morgan fingerprint density at radius 1 is 1.08 bits per heavy atom. The van der Waals surface area contributed by atoms with E-state index < -0.39 is 0 Å². The molecule has 0 radical (unpaired) electrons. The van der Waals surface area contributed by atoms with Crippen LogP contribution in [0.3, 0.4) is 0 Å². The van der Waals surface area contributed by atoms with Crippen molar-refractivity contribution < 1.29 is 14.6 Å². The van der Waals surface area contributed by atoms with Crippen molar-refractivity contribution in [3.8, 4) is 11.5 Å². The van der Waals surface area contributed by atoms with Crippen LogP contribution in [0.1, 0.15) is 11.4 Å². The van der Waals surface area contributed by atoms with E-state index in [-0.39, 0.29) is 18.7 Å². The number of rotatable bonds is 6. The molecular weight excluding hydrogens is 320 g/mol. The van der Waals surface area contributed by atoms with E-state index in [9.17, 15) is 9.90 Å². The number of ether oxygens (including phenoxy) is 2. The zero-order valence-electron chi connectivity index (χ0n) is 14.2. The van der Waals surface area contributed by atoms with Crippen molar-refractivity contribution in [1.29, 1.82) is 0 Å². The molecule has 0 saturated carbocycles. The van der Waals surface area contributed by atoms with Crippen LogP contribution in [0, 0.1) is 0 Å². The van der Waals surface area contributed by atoms with Gasteiger partial charge in [0.15, 0.2) is 11.5 Å². The average Bonchev–Trinajstić information content (AvgIpc) is 2.64. The molecule has 0 bridgehead atoms. The Morgan fingerprint density at radius 2 is 1.84 bits per heavy atom. The number of aliphatic hydroxyl groups is 1. The Bertz CT molecular complexity index is 950. The zero-order valence-corrected chi connectivity index (χ0v) is 14.2. The van der Waals surface area contributed by atoms with Crippen LogP contribution < -0.4 is 15.0 Å². The Balaban J connectivity index is 2.09. The van der Waals surface area contributed by atoms with E-state index in [1.54, 1.807) is 20.3 Å². The third-order valence-corrected chi connectivity index (χ3v) is 4.07. The Morgan fingerprint density at radius 3 is 2.56 bits per heavy atom. The maximum absolute atomic E-state index is 12.7. The maximum Gasteiger partial charge on any atom is 0.261 e. The first-order valence-corrected chi connectivity index (χ1v) is 7.98. The molecule has 0 aliphatic rings. The number of para-hydroxylation sites is 1. The first-order chi connectivity index (χ1) is 12.2. The molecule has 2 aromatic carbocycles. The third-order valence-electron chi connectivity index (χ3n) is 4.07. The standard InChI is InChI=1S/C19H20N2O4/c1-24-16-8-7-13(11-17(16)25-2)12-18-20-15-6-4-3-5-14(15)19(23)21(18)9-10-22/h3-8,11,22H,9-10,12H2,1-2H3. The molecule has 0 fully saturated rings. The van der Waals surface area contributed by atoms with Gasteiger partial charge in [-0.1, -0.05) is 18.2 Å². The maximum atomic E-state index is 12.7. The van der Waals surface area contributed by atoms with Gasteiger partial charge in [0.2, 0.25) is 0 Å². The Kier molecular flexibility index (Phi) is 5.00. The molecule has 3 aromatic rings. The fourth-order valence-corrected chi connectivity index (χ4v) is 2.85. The Hall–Kier alpha value is -2.86. The van der Waals surface area contributed by atoms with Crippen LogP contribution in [-0.4, -0.2) is 35.5 Å². The SMILES string of the molecule is COc1ccc(Cc2nc3ccccc3c(=O)n2CCO)cc1OC. The molecule has 1 aromatic heterocycles. The largest absolute Gasteiger partial charge is 0.493 e. The fourth-order valence-electron chi connectivity index (χ4n) is 2.85. The predicted molar refractivity (Wildman–Crippen MR) is 95.4 cm³/mol. The van der Waals surface area contributed by atoms with Gasteiger partial charge < -0.3 is 14.6 Å². The van der Waals surface area contributed by atoms with Crippen molar-refractivity contribution >= 4 is 10.9 Å². The molecule has 1 heterocycles. The minimum Gasteiger partial charge on any atom is -0.493 e. The highest BCUT2D eigenvalue weighted by molar-refractivity contribution is 5.77. The Labute approximate surface area is 145 Å². The molecule has 130 valence electrons. The summed E-state index contributed by atoms with van der Waals surface area (Å²) in [5.41, 5.74) is 1.44. The van der Waals surface area contributed by atoms with Gasteiger partial charge in [0.25, 0.3) is 5.56 Å². The van der Waals surface area contributed by atoms with Gasteiger partial charge >= 0.3 is 0 Å². The molecule has 0 unspecified atom stereocenters. The molecular formula is C19H20N2O4. The summed E-state index contributed by atoms with van der Waals surface area (Å²) in [6, 6.07) is 12.8. The summed E-state index contributed by atoms with van der Waals surface area (Å²) >= 11 is 0. The highest BCUT2D eigenvalue weighted by Gasteiger charge is 2.12. The lowest BCUT2D eigenvalue weighted by Crippen LogP contribution is -2.27. The van der Waals surface area contributed by atoms with Crippen LogP contribution in [-0.2, 0) is 13.0 Å². The van der Waals surface area contributed by atoms with Crippen LogP contribution >= 0.6 is 0 Å². The van der Waals surface area contributed by atoms with E-state index in [4.69, 9.17) is 9.47 Å². The minimum absolute atomic E-state index is 0.126.